The maximum Gasteiger partial charge on any atom is 0.246 e. The van der Waals surface area contributed by atoms with Gasteiger partial charge >= 0.3 is 0 Å². The Kier molecular flexibility index (Phi) is 5.35. The largest absolute Gasteiger partial charge is 0.394 e. The van der Waals surface area contributed by atoms with E-state index in [1.165, 1.54) is 0 Å². The van der Waals surface area contributed by atoms with E-state index in [9.17, 15) is 4.79 Å². The van der Waals surface area contributed by atoms with Gasteiger partial charge in [-0.15, -0.1) is 0 Å². The fourth-order valence-corrected chi connectivity index (χ4v) is 0.982. The zero-order chi connectivity index (χ0) is 10.9. The van der Waals surface area contributed by atoms with Gasteiger partial charge in [-0.1, -0.05) is 0 Å². The van der Waals surface area contributed by atoms with Crippen LogP contribution in [0.2, 0.25) is 0 Å². The van der Waals surface area contributed by atoms with Gasteiger partial charge in [-0.2, -0.15) is 0 Å². The highest BCUT2D eigenvalue weighted by Gasteiger charge is 2.00. The molecule has 0 aromatic carbocycles. The van der Waals surface area contributed by atoms with E-state index < -0.39 is 0 Å². The summed E-state index contributed by atoms with van der Waals surface area (Å²) in [5, 5.41) is 11.1. The van der Waals surface area contributed by atoms with Crippen LogP contribution in [0.5, 0.6) is 0 Å². The summed E-state index contributed by atoms with van der Waals surface area (Å²) >= 11 is 0. The molecule has 82 valence electrons. The highest BCUT2D eigenvalue weighted by atomic mass is 16.5. The number of amides is 1. The third-order valence-corrected chi connectivity index (χ3v) is 1.71. The molecule has 0 saturated carbocycles. The topological polar surface area (TPSA) is 71.5 Å². The Balaban J connectivity index is 2.17. The second kappa shape index (κ2) is 6.92. The summed E-state index contributed by atoms with van der Waals surface area (Å²) in [7, 11) is 0. The van der Waals surface area contributed by atoms with Crippen LogP contribution in [0.3, 0.4) is 0 Å². The lowest BCUT2D eigenvalue weighted by Gasteiger charge is -2.05. The molecule has 2 N–H and O–H groups in total. The number of nitrogens with zero attached hydrogens (tertiary/aromatic N) is 1. The van der Waals surface area contributed by atoms with E-state index in [0.717, 1.165) is 5.56 Å². The molecule has 0 radical (unpaired) electrons. The van der Waals surface area contributed by atoms with Gasteiger partial charge in [0.1, 0.15) is 6.61 Å². The minimum Gasteiger partial charge on any atom is -0.394 e. The first-order valence-corrected chi connectivity index (χ1v) is 4.67. The van der Waals surface area contributed by atoms with Gasteiger partial charge in [-0.05, 0) is 17.7 Å². The van der Waals surface area contributed by atoms with Crippen molar-refractivity contribution in [1.29, 1.82) is 0 Å². The molecule has 1 amide bonds. The predicted octanol–water partition coefficient (Wildman–Crippen LogP) is -0.293. The minimum absolute atomic E-state index is 0.0222. The maximum absolute atomic E-state index is 11.2. The summed E-state index contributed by atoms with van der Waals surface area (Å²) in [6.07, 6.45) is 3.34. The Morgan fingerprint density at radius 3 is 2.87 bits per heavy atom. The molecule has 0 bridgehead atoms. The van der Waals surface area contributed by atoms with Crippen LogP contribution in [-0.2, 0) is 16.1 Å². The van der Waals surface area contributed by atoms with Gasteiger partial charge in [0.15, 0.2) is 0 Å². The van der Waals surface area contributed by atoms with Crippen molar-refractivity contribution in [2.24, 2.45) is 0 Å². The minimum atomic E-state index is -0.194. The molecule has 1 aromatic heterocycles. The zero-order valence-electron chi connectivity index (χ0n) is 8.35. The molecule has 0 fully saturated rings. The molecule has 1 aromatic rings. The number of hydrogen-bond acceptors (Lipinski definition) is 4. The smallest absolute Gasteiger partial charge is 0.246 e. The second-order valence-electron chi connectivity index (χ2n) is 2.91. The van der Waals surface area contributed by atoms with Crippen molar-refractivity contribution in [1.82, 2.24) is 10.3 Å². The fraction of sp³-hybridized carbons (Fsp3) is 0.400. The molecular formula is C10H14N2O3. The summed E-state index contributed by atoms with van der Waals surface area (Å²) in [5.41, 5.74) is 0.987. The van der Waals surface area contributed by atoms with Crippen LogP contribution in [0.25, 0.3) is 0 Å². The standard InChI is InChI=1S/C10H14N2O3/c13-5-6-15-8-10(14)12-7-9-1-3-11-4-2-9/h1-4,13H,5-8H2,(H,12,14). The van der Waals surface area contributed by atoms with Gasteiger partial charge in [0.25, 0.3) is 0 Å². The van der Waals surface area contributed by atoms with Crippen LogP contribution in [0.1, 0.15) is 5.56 Å². The molecule has 15 heavy (non-hydrogen) atoms. The first-order valence-electron chi connectivity index (χ1n) is 4.67. The van der Waals surface area contributed by atoms with Crippen LogP contribution in [0, 0.1) is 0 Å². The first kappa shape index (κ1) is 11.6. The van der Waals surface area contributed by atoms with Crippen molar-refractivity contribution in [3.63, 3.8) is 0 Å². The Morgan fingerprint density at radius 1 is 1.47 bits per heavy atom. The molecule has 1 rings (SSSR count). The molecule has 0 unspecified atom stereocenters. The van der Waals surface area contributed by atoms with E-state index in [4.69, 9.17) is 9.84 Å². The van der Waals surface area contributed by atoms with Gasteiger partial charge in [0, 0.05) is 18.9 Å². The van der Waals surface area contributed by atoms with E-state index in [0.29, 0.717) is 6.54 Å². The van der Waals surface area contributed by atoms with Crippen molar-refractivity contribution < 1.29 is 14.6 Å². The summed E-state index contributed by atoms with van der Waals surface area (Å²) in [5.74, 6) is -0.194. The van der Waals surface area contributed by atoms with E-state index in [1.54, 1.807) is 12.4 Å². The number of aromatic nitrogens is 1. The van der Waals surface area contributed by atoms with Gasteiger partial charge in [0.2, 0.25) is 5.91 Å². The summed E-state index contributed by atoms with van der Waals surface area (Å²) in [4.78, 5) is 15.0. The van der Waals surface area contributed by atoms with Crippen LogP contribution in [0.15, 0.2) is 24.5 Å². The lowest BCUT2D eigenvalue weighted by Crippen LogP contribution is -2.27. The normalized spacial score (nSPS) is 9.93. The number of pyridine rings is 1. The van der Waals surface area contributed by atoms with Crippen molar-refractivity contribution in [2.75, 3.05) is 19.8 Å². The average Bonchev–Trinajstić information content (AvgIpc) is 2.28. The Hall–Kier alpha value is -1.46. The number of nitrogens with one attached hydrogen (secondary N) is 1. The highest BCUT2D eigenvalue weighted by molar-refractivity contribution is 5.77. The quantitative estimate of drug-likeness (QED) is 0.633. The molecular weight excluding hydrogens is 196 g/mol. The molecule has 0 aliphatic heterocycles. The number of hydrogen-bond donors (Lipinski definition) is 2. The number of ether oxygens (including phenoxy) is 1. The third kappa shape index (κ3) is 5.09. The first-order chi connectivity index (χ1) is 7.33. The fourth-order valence-electron chi connectivity index (χ4n) is 0.982. The van der Waals surface area contributed by atoms with E-state index >= 15 is 0 Å². The molecule has 5 nitrogen and oxygen atoms in total. The predicted molar refractivity (Wildman–Crippen MR) is 54.0 cm³/mol. The van der Waals surface area contributed by atoms with Gasteiger partial charge in [-0.3, -0.25) is 9.78 Å². The summed E-state index contributed by atoms with van der Waals surface area (Å²) in [6.45, 7) is 0.551. The van der Waals surface area contributed by atoms with Crippen LogP contribution >= 0.6 is 0 Å². The van der Waals surface area contributed by atoms with Crippen LogP contribution in [0.4, 0.5) is 0 Å². The van der Waals surface area contributed by atoms with Crippen LogP contribution < -0.4 is 5.32 Å². The molecule has 0 aliphatic carbocycles. The summed E-state index contributed by atoms with van der Waals surface area (Å²) in [6, 6.07) is 3.66. The molecule has 0 spiro atoms. The second-order valence-corrected chi connectivity index (χ2v) is 2.91. The molecule has 0 aliphatic rings. The van der Waals surface area contributed by atoms with Gasteiger partial charge in [0.05, 0.1) is 13.2 Å². The number of carbonyl (C=O) groups is 1. The van der Waals surface area contributed by atoms with Crippen molar-refractivity contribution in [3.05, 3.63) is 30.1 Å². The summed E-state index contributed by atoms with van der Waals surface area (Å²) < 4.78 is 4.86. The average molecular weight is 210 g/mol. The number of aliphatic hydroxyl groups is 1. The highest BCUT2D eigenvalue weighted by Crippen LogP contribution is 1.94. The Bertz CT molecular complexity index is 290. The van der Waals surface area contributed by atoms with Gasteiger partial charge < -0.3 is 15.2 Å². The maximum atomic E-state index is 11.2. The SMILES string of the molecule is O=C(COCCO)NCc1ccncc1. The van der Waals surface area contributed by atoms with Crippen molar-refractivity contribution in [2.45, 2.75) is 6.54 Å². The number of aliphatic hydroxyl groups excluding tert-OH is 1. The van der Waals surface area contributed by atoms with E-state index in [2.05, 4.69) is 10.3 Å². The van der Waals surface area contributed by atoms with Crippen molar-refractivity contribution in [3.8, 4) is 0 Å². The number of carbonyl (C=O) groups excluding carboxylic acids is 1. The van der Waals surface area contributed by atoms with Crippen molar-refractivity contribution >= 4 is 5.91 Å². The zero-order valence-corrected chi connectivity index (χ0v) is 8.35. The van der Waals surface area contributed by atoms with E-state index in [1.807, 2.05) is 12.1 Å². The Labute approximate surface area is 88.1 Å². The van der Waals surface area contributed by atoms with E-state index in [-0.39, 0.29) is 25.7 Å². The van der Waals surface area contributed by atoms with Gasteiger partial charge in [-0.25, -0.2) is 0 Å². The Morgan fingerprint density at radius 2 is 2.20 bits per heavy atom. The van der Waals surface area contributed by atoms with Crippen LogP contribution in [-0.4, -0.2) is 35.8 Å². The third-order valence-electron chi connectivity index (χ3n) is 1.71. The lowest BCUT2D eigenvalue weighted by molar-refractivity contribution is -0.126. The molecule has 5 heteroatoms. The lowest BCUT2D eigenvalue weighted by atomic mass is 10.3. The molecule has 0 saturated heterocycles. The number of rotatable bonds is 6. The monoisotopic (exact) mass is 210 g/mol. The molecule has 1 heterocycles. The molecule has 0 atom stereocenters.